The summed E-state index contributed by atoms with van der Waals surface area (Å²) in [6, 6.07) is 11.4. The second kappa shape index (κ2) is 4.95. The number of hydrogen-bond donors (Lipinski definition) is 0. The van der Waals surface area contributed by atoms with E-state index in [4.69, 9.17) is 4.74 Å². The summed E-state index contributed by atoms with van der Waals surface area (Å²) in [6.45, 7) is 0. The molecule has 3 heterocycles. The van der Waals surface area contributed by atoms with Gasteiger partial charge in [-0.25, -0.2) is 9.78 Å². The third-order valence-electron chi connectivity index (χ3n) is 3.98. The molecule has 0 radical (unpaired) electrons. The molecule has 23 heavy (non-hydrogen) atoms. The highest BCUT2D eigenvalue weighted by atomic mass is 16.5. The van der Waals surface area contributed by atoms with Crippen LogP contribution in [0.4, 0.5) is 0 Å². The van der Waals surface area contributed by atoms with E-state index in [0.717, 1.165) is 21.9 Å². The van der Waals surface area contributed by atoms with Crippen molar-refractivity contribution < 1.29 is 4.74 Å². The number of pyridine rings is 2. The van der Waals surface area contributed by atoms with E-state index in [9.17, 15) is 4.79 Å². The van der Waals surface area contributed by atoms with Crippen molar-refractivity contribution >= 4 is 21.9 Å². The molecule has 3 aromatic heterocycles. The van der Waals surface area contributed by atoms with Gasteiger partial charge in [0.05, 0.1) is 29.9 Å². The van der Waals surface area contributed by atoms with Crippen LogP contribution in [0.1, 0.15) is 0 Å². The Labute approximate surface area is 131 Å². The Bertz CT molecular complexity index is 1090. The number of para-hydroxylation sites is 1. The molecular weight excluding hydrogens is 292 g/mol. The minimum absolute atomic E-state index is 0.163. The van der Waals surface area contributed by atoms with Crippen LogP contribution >= 0.6 is 0 Å². The van der Waals surface area contributed by atoms with Gasteiger partial charge in [0.25, 0.3) is 0 Å². The third kappa shape index (κ3) is 1.85. The summed E-state index contributed by atoms with van der Waals surface area (Å²) < 4.78 is 8.54. The van der Waals surface area contributed by atoms with Crippen LogP contribution in [0.25, 0.3) is 27.6 Å². The summed E-state index contributed by atoms with van der Waals surface area (Å²) in [7, 11) is 3.28. The highest BCUT2D eigenvalue weighted by Gasteiger charge is 2.18. The average molecular weight is 306 g/mol. The first-order valence-electron chi connectivity index (χ1n) is 7.17. The Morgan fingerprint density at radius 2 is 1.91 bits per heavy atom. The largest absolute Gasteiger partial charge is 0.479 e. The number of aryl methyl sites for hydroxylation is 1. The maximum Gasteiger partial charge on any atom is 0.333 e. The summed E-state index contributed by atoms with van der Waals surface area (Å²) in [4.78, 5) is 21.5. The lowest BCUT2D eigenvalue weighted by Crippen LogP contribution is -2.21. The van der Waals surface area contributed by atoms with Crippen molar-refractivity contribution in [3.63, 3.8) is 0 Å². The van der Waals surface area contributed by atoms with Crippen molar-refractivity contribution in [1.29, 1.82) is 0 Å². The maximum absolute atomic E-state index is 12.8. The number of imidazole rings is 1. The first kappa shape index (κ1) is 13.5. The van der Waals surface area contributed by atoms with Gasteiger partial charge in [-0.05, 0) is 18.2 Å². The number of ether oxygens (including phenoxy) is 1. The second-order valence-corrected chi connectivity index (χ2v) is 5.22. The van der Waals surface area contributed by atoms with Crippen molar-refractivity contribution in [3.05, 3.63) is 59.3 Å². The lowest BCUT2D eigenvalue weighted by molar-refractivity contribution is 0.396. The van der Waals surface area contributed by atoms with Crippen molar-refractivity contribution in [2.24, 2.45) is 7.05 Å². The SMILES string of the molecule is COc1ncccc1-n1c(=O)n(C)c2cnc3ccccc3c21. The third-order valence-corrected chi connectivity index (χ3v) is 3.98. The van der Waals surface area contributed by atoms with Crippen molar-refractivity contribution in [2.45, 2.75) is 0 Å². The van der Waals surface area contributed by atoms with Crippen molar-refractivity contribution in [1.82, 2.24) is 19.1 Å². The van der Waals surface area contributed by atoms with Gasteiger partial charge in [0.2, 0.25) is 5.88 Å². The molecule has 0 N–H and O–H groups in total. The molecule has 4 rings (SSSR count). The van der Waals surface area contributed by atoms with Crippen LogP contribution in [0.2, 0.25) is 0 Å². The van der Waals surface area contributed by atoms with Gasteiger partial charge in [0.15, 0.2) is 0 Å². The van der Waals surface area contributed by atoms with Gasteiger partial charge in [-0.3, -0.25) is 14.1 Å². The van der Waals surface area contributed by atoms with Crippen molar-refractivity contribution in [3.8, 4) is 11.6 Å². The quantitative estimate of drug-likeness (QED) is 0.570. The van der Waals surface area contributed by atoms with Gasteiger partial charge in [0.1, 0.15) is 5.69 Å². The number of rotatable bonds is 2. The molecule has 6 nitrogen and oxygen atoms in total. The maximum atomic E-state index is 12.8. The first-order valence-corrected chi connectivity index (χ1v) is 7.17. The zero-order valence-electron chi connectivity index (χ0n) is 12.7. The van der Waals surface area contributed by atoms with E-state index in [0.29, 0.717) is 11.6 Å². The van der Waals surface area contributed by atoms with Crippen LogP contribution in [-0.4, -0.2) is 26.2 Å². The Morgan fingerprint density at radius 3 is 2.74 bits per heavy atom. The Hall–Kier alpha value is -3.15. The summed E-state index contributed by atoms with van der Waals surface area (Å²) in [5.41, 5.74) is 2.85. The fourth-order valence-corrected chi connectivity index (χ4v) is 2.88. The molecule has 0 saturated heterocycles. The van der Waals surface area contributed by atoms with Crippen LogP contribution in [0.15, 0.2) is 53.6 Å². The highest BCUT2D eigenvalue weighted by molar-refractivity contribution is 6.03. The lowest BCUT2D eigenvalue weighted by atomic mass is 10.2. The summed E-state index contributed by atoms with van der Waals surface area (Å²) in [5.74, 6) is 0.406. The van der Waals surface area contributed by atoms with E-state index in [1.54, 1.807) is 41.8 Å². The molecule has 0 saturated carbocycles. The number of aromatic nitrogens is 4. The van der Waals surface area contributed by atoms with Gasteiger partial charge in [-0.2, -0.15) is 0 Å². The first-order chi connectivity index (χ1) is 11.2. The molecule has 0 spiro atoms. The number of methoxy groups -OCH3 is 1. The van der Waals surface area contributed by atoms with Gasteiger partial charge in [-0.15, -0.1) is 0 Å². The van der Waals surface area contributed by atoms with Crippen molar-refractivity contribution in [2.75, 3.05) is 7.11 Å². The Kier molecular flexibility index (Phi) is 2.90. The van der Waals surface area contributed by atoms with E-state index < -0.39 is 0 Å². The van der Waals surface area contributed by atoms with Gasteiger partial charge >= 0.3 is 5.69 Å². The molecule has 0 aliphatic rings. The predicted molar refractivity (Wildman–Crippen MR) is 88.2 cm³/mol. The highest BCUT2D eigenvalue weighted by Crippen LogP contribution is 2.27. The summed E-state index contributed by atoms with van der Waals surface area (Å²) in [6.07, 6.45) is 3.36. The standard InChI is InChI=1S/C17H14N4O2/c1-20-14-10-19-12-7-4-3-6-11(12)15(14)21(17(20)22)13-8-5-9-18-16(13)23-2/h3-10H,1-2H3. The van der Waals surface area contributed by atoms with Gasteiger partial charge < -0.3 is 4.74 Å². The smallest absolute Gasteiger partial charge is 0.333 e. The van der Waals surface area contributed by atoms with Crippen LogP contribution in [0.3, 0.4) is 0 Å². The van der Waals surface area contributed by atoms with Gasteiger partial charge in [-0.1, -0.05) is 18.2 Å². The lowest BCUT2D eigenvalue weighted by Gasteiger charge is -2.09. The normalized spacial score (nSPS) is 11.2. The van der Waals surface area contributed by atoms with Crippen LogP contribution < -0.4 is 10.4 Å². The molecule has 0 bridgehead atoms. The molecule has 6 heteroatoms. The van der Waals surface area contributed by atoms with Gasteiger partial charge in [0, 0.05) is 18.6 Å². The number of fused-ring (bicyclic) bond motifs is 3. The molecule has 0 amide bonds. The number of hydrogen-bond acceptors (Lipinski definition) is 4. The molecule has 4 aromatic rings. The fraction of sp³-hybridized carbons (Fsp3) is 0.118. The number of nitrogens with zero attached hydrogens (tertiary/aromatic N) is 4. The zero-order chi connectivity index (χ0) is 16.0. The van der Waals surface area contributed by atoms with E-state index >= 15 is 0 Å². The molecule has 1 aromatic carbocycles. The molecule has 114 valence electrons. The Balaban J connectivity index is 2.25. The summed E-state index contributed by atoms with van der Waals surface area (Å²) >= 11 is 0. The monoisotopic (exact) mass is 306 g/mol. The van der Waals surface area contributed by atoms with E-state index in [-0.39, 0.29) is 5.69 Å². The second-order valence-electron chi connectivity index (χ2n) is 5.22. The minimum atomic E-state index is -0.163. The average Bonchev–Trinajstić information content (AvgIpc) is 2.86. The molecule has 0 aliphatic heterocycles. The predicted octanol–water partition coefficient (Wildman–Crippen LogP) is 2.28. The molecule has 0 atom stereocenters. The van der Waals surface area contributed by atoms with E-state index in [1.165, 1.54) is 0 Å². The van der Waals surface area contributed by atoms with E-state index in [1.807, 2.05) is 30.3 Å². The summed E-state index contributed by atoms with van der Waals surface area (Å²) in [5, 5.41) is 0.911. The van der Waals surface area contributed by atoms with Crippen LogP contribution in [-0.2, 0) is 7.05 Å². The Morgan fingerprint density at radius 1 is 1.09 bits per heavy atom. The zero-order valence-corrected chi connectivity index (χ0v) is 12.7. The van der Waals surface area contributed by atoms with Crippen LogP contribution in [0, 0.1) is 0 Å². The molecular formula is C17H14N4O2. The molecule has 0 fully saturated rings. The topological polar surface area (TPSA) is 61.9 Å². The molecule has 0 aliphatic carbocycles. The van der Waals surface area contributed by atoms with Crippen LogP contribution in [0.5, 0.6) is 5.88 Å². The molecule has 0 unspecified atom stereocenters. The minimum Gasteiger partial charge on any atom is -0.479 e. The number of benzene rings is 1. The van der Waals surface area contributed by atoms with E-state index in [2.05, 4.69) is 9.97 Å². The fourth-order valence-electron chi connectivity index (χ4n) is 2.88.